The molecular weight excluding hydrogens is 476 g/mol. The Morgan fingerprint density at radius 1 is 1.16 bits per heavy atom. The van der Waals surface area contributed by atoms with E-state index < -0.39 is 5.60 Å². The molecule has 0 atom stereocenters. The summed E-state index contributed by atoms with van der Waals surface area (Å²) < 4.78 is 12.1. The highest BCUT2D eigenvalue weighted by atomic mass is 79.9. The molecule has 8 nitrogen and oxygen atoms in total. The predicted molar refractivity (Wildman–Crippen MR) is 124 cm³/mol. The summed E-state index contributed by atoms with van der Waals surface area (Å²) in [5.41, 5.74) is 0.447. The first-order valence-electron chi connectivity index (χ1n) is 10.2. The van der Waals surface area contributed by atoms with E-state index in [4.69, 9.17) is 9.47 Å². The van der Waals surface area contributed by atoms with Crippen LogP contribution in [0.5, 0.6) is 5.75 Å². The van der Waals surface area contributed by atoms with Crippen LogP contribution in [0.25, 0.3) is 11.0 Å². The lowest BCUT2D eigenvalue weighted by molar-refractivity contribution is -0.0223. The molecule has 9 heteroatoms. The minimum atomic E-state index is -0.538. The number of rotatable bonds is 4. The van der Waals surface area contributed by atoms with Crippen LogP contribution < -0.4 is 10.1 Å². The Morgan fingerprint density at radius 3 is 2.69 bits per heavy atom. The van der Waals surface area contributed by atoms with Gasteiger partial charge >= 0.3 is 6.09 Å². The molecular formula is C23H23BrN4O4. The van der Waals surface area contributed by atoms with Crippen molar-refractivity contribution in [1.29, 1.82) is 0 Å². The Kier molecular flexibility index (Phi) is 6.01. The lowest BCUT2D eigenvalue weighted by Gasteiger charge is -2.39. The van der Waals surface area contributed by atoms with E-state index in [1.165, 1.54) is 0 Å². The second-order valence-electron chi connectivity index (χ2n) is 8.47. The molecule has 3 aromatic rings. The molecule has 1 saturated heterocycles. The zero-order chi connectivity index (χ0) is 22.9. The number of fused-ring (bicyclic) bond motifs is 1. The van der Waals surface area contributed by atoms with Crippen LogP contribution in [0.3, 0.4) is 0 Å². The molecule has 2 aromatic heterocycles. The van der Waals surface area contributed by atoms with E-state index in [2.05, 4.69) is 31.2 Å². The first kappa shape index (κ1) is 22.0. The van der Waals surface area contributed by atoms with Crippen LogP contribution in [0.4, 0.5) is 10.6 Å². The molecule has 166 valence electrons. The number of carbonyl (C=O) groups is 2. The second-order valence-corrected chi connectivity index (χ2v) is 9.33. The van der Waals surface area contributed by atoms with Gasteiger partial charge in [-0.25, -0.2) is 14.8 Å². The fourth-order valence-corrected chi connectivity index (χ4v) is 3.45. The van der Waals surface area contributed by atoms with Crippen LogP contribution in [0.2, 0.25) is 0 Å². The number of ether oxygens (including phenoxy) is 2. The van der Waals surface area contributed by atoms with Crippen LogP contribution in [0.1, 0.15) is 31.1 Å². The van der Waals surface area contributed by atoms with E-state index in [0.717, 1.165) is 9.86 Å². The predicted octanol–water partition coefficient (Wildman–Crippen LogP) is 4.64. The van der Waals surface area contributed by atoms with Crippen molar-refractivity contribution >= 4 is 44.8 Å². The molecule has 0 radical (unpaired) electrons. The third kappa shape index (κ3) is 5.16. The molecule has 0 bridgehead atoms. The van der Waals surface area contributed by atoms with Crippen molar-refractivity contribution in [3.8, 4) is 5.75 Å². The maximum Gasteiger partial charge on any atom is 0.410 e. The first-order valence-corrected chi connectivity index (χ1v) is 10.9. The number of carbonyl (C=O) groups excluding carboxylic acids is 2. The Labute approximate surface area is 194 Å². The summed E-state index contributed by atoms with van der Waals surface area (Å²) in [7, 11) is 0. The van der Waals surface area contributed by atoms with Crippen LogP contribution in [0, 0.1) is 0 Å². The van der Waals surface area contributed by atoms with E-state index >= 15 is 0 Å². The van der Waals surface area contributed by atoms with Gasteiger partial charge in [0, 0.05) is 17.1 Å². The van der Waals surface area contributed by atoms with Crippen LogP contribution in [-0.4, -0.2) is 51.7 Å². The molecule has 1 fully saturated rings. The van der Waals surface area contributed by atoms with Gasteiger partial charge in [-0.1, -0.05) is 0 Å². The van der Waals surface area contributed by atoms with Gasteiger partial charge in [0.25, 0.3) is 5.91 Å². The van der Waals surface area contributed by atoms with Crippen molar-refractivity contribution < 1.29 is 19.1 Å². The van der Waals surface area contributed by atoms with Crippen LogP contribution in [0.15, 0.2) is 53.1 Å². The molecule has 2 amide bonds. The van der Waals surface area contributed by atoms with Gasteiger partial charge in [-0.05, 0) is 79.2 Å². The molecule has 1 aromatic carbocycles. The summed E-state index contributed by atoms with van der Waals surface area (Å²) in [4.78, 5) is 35.0. The summed E-state index contributed by atoms with van der Waals surface area (Å²) >= 11 is 3.46. The molecule has 3 heterocycles. The number of likely N-dealkylation sites (tertiary alicyclic amines) is 1. The van der Waals surface area contributed by atoms with Gasteiger partial charge in [0.2, 0.25) is 0 Å². The standard InChI is InChI=1S/C23H23BrN4O4/c1-23(2,3)32-22(30)28-12-16(13-28)31-18-11-15(6-8-17(18)24)21(29)27-19-9-7-14-5-4-10-25-20(14)26-19/h4-11,16H,12-13H2,1-3H3,(H,25,26,27,29). The summed E-state index contributed by atoms with van der Waals surface area (Å²) in [6.45, 7) is 6.33. The topological polar surface area (TPSA) is 93.6 Å². The zero-order valence-corrected chi connectivity index (χ0v) is 19.5. The molecule has 0 spiro atoms. The number of nitrogens with one attached hydrogen (secondary N) is 1. The fourth-order valence-electron chi connectivity index (χ4n) is 3.11. The van der Waals surface area contributed by atoms with Crippen LogP contribution >= 0.6 is 15.9 Å². The van der Waals surface area contributed by atoms with Crippen molar-refractivity contribution in [2.45, 2.75) is 32.5 Å². The lowest BCUT2D eigenvalue weighted by atomic mass is 10.1. The fraction of sp³-hybridized carbons (Fsp3) is 0.304. The molecule has 1 N–H and O–H groups in total. The number of amides is 2. The van der Waals surface area contributed by atoms with Gasteiger partial charge in [0.15, 0.2) is 5.65 Å². The van der Waals surface area contributed by atoms with Gasteiger partial charge < -0.3 is 19.7 Å². The summed E-state index contributed by atoms with van der Waals surface area (Å²) in [6, 6.07) is 12.4. The number of aromatic nitrogens is 2. The summed E-state index contributed by atoms with van der Waals surface area (Å²) in [6.07, 6.45) is 1.12. The molecule has 4 rings (SSSR count). The number of hydrogen-bond donors (Lipinski definition) is 1. The number of hydrogen-bond acceptors (Lipinski definition) is 6. The molecule has 1 aliphatic heterocycles. The number of pyridine rings is 2. The monoisotopic (exact) mass is 498 g/mol. The van der Waals surface area contributed by atoms with Gasteiger partial charge in [-0.3, -0.25) is 4.79 Å². The molecule has 0 saturated carbocycles. The maximum atomic E-state index is 12.7. The highest BCUT2D eigenvalue weighted by Gasteiger charge is 2.35. The highest BCUT2D eigenvalue weighted by molar-refractivity contribution is 9.10. The van der Waals surface area contributed by atoms with Gasteiger partial charge in [-0.15, -0.1) is 0 Å². The van der Waals surface area contributed by atoms with Crippen molar-refractivity contribution in [3.05, 3.63) is 58.7 Å². The van der Waals surface area contributed by atoms with E-state index in [-0.39, 0.29) is 18.1 Å². The molecule has 32 heavy (non-hydrogen) atoms. The van der Waals surface area contributed by atoms with Crippen molar-refractivity contribution in [2.75, 3.05) is 18.4 Å². The van der Waals surface area contributed by atoms with E-state index in [1.54, 1.807) is 35.4 Å². The van der Waals surface area contributed by atoms with Crippen LogP contribution in [-0.2, 0) is 4.74 Å². The van der Waals surface area contributed by atoms with Gasteiger partial charge in [0.05, 0.1) is 17.6 Å². The van der Waals surface area contributed by atoms with Crippen molar-refractivity contribution in [2.24, 2.45) is 0 Å². The minimum Gasteiger partial charge on any atom is -0.486 e. The Morgan fingerprint density at radius 2 is 1.94 bits per heavy atom. The SMILES string of the molecule is CC(C)(C)OC(=O)N1CC(Oc2cc(C(=O)Nc3ccc4cccnc4n3)ccc2Br)C1. The summed E-state index contributed by atoms with van der Waals surface area (Å²) in [5, 5.41) is 3.69. The minimum absolute atomic E-state index is 0.176. The van der Waals surface area contributed by atoms with E-state index in [0.29, 0.717) is 35.9 Å². The number of benzene rings is 1. The average molecular weight is 499 g/mol. The quantitative estimate of drug-likeness (QED) is 0.562. The lowest BCUT2D eigenvalue weighted by Crippen LogP contribution is -2.57. The number of anilines is 1. The Bertz CT molecular complexity index is 1170. The number of nitrogens with zero attached hydrogens (tertiary/aromatic N) is 3. The highest BCUT2D eigenvalue weighted by Crippen LogP contribution is 2.29. The maximum absolute atomic E-state index is 12.7. The van der Waals surface area contributed by atoms with Crippen molar-refractivity contribution in [1.82, 2.24) is 14.9 Å². The van der Waals surface area contributed by atoms with Gasteiger partial charge in [0.1, 0.15) is 23.3 Å². The number of halogens is 1. The van der Waals surface area contributed by atoms with E-state index in [1.807, 2.05) is 39.0 Å². The molecule has 1 aliphatic rings. The summed E-state index contributed by atoms with van der Waals surface area (Å²) in [5.74, 6) is 0.632. The van der Waals surface area contributed by atoms with E-state index in [9.17, 15) is 9.59 Å². The molecule has 0 aliphatic carbocycles. The second kappa shape index (κ2) is 8.74. The van der Waals surface area contributed by atoms with Gasteiger partial charge in [-0.2, -0.15) is 0 Å². The Balaban J connectivity index is 1.39. The largest absolute Gasteiger partial charge is 0.486 e. The zero-order valence-electron chi connectivity index (χ0n) is 18.0. The first-order chi connectivity index (χ1) is 15.2. The third-order valence-corrected chi connectivity index (χ3v) is 5.35. The smallest absolute Gasteiger partial charge is 0.410 e. The van der Waals surface area contributed by atoms with Crippen molar-refractivity contribution in [3.63, 3.8) is 0 Å². The average Bonchev–Trinajstić information content (AvgIpc) is 2.70. The molecule has 0 unspecified atom stereocenters. The Hall–Kier alpha value is -3.20. The normalized spacial score (nSPS) is 14.1. The third-order valence-electron chi connectivity index (χ3n) is 4.69.